The van der Waals surface area contributed by atoms with Crippen molar-refractivity contribution in [2.24, 2.45) is 0 Å². The summed E-state index contributed by atoms with van der Waals surface area (Å²) in [5, 5.41) is 6.01. The number of amides is 1. The fourth-order valence-corrected chi connectivity index (χ4v) is 1.69. The molecule has 18 heavy (non-hydrogen) atoms. The van der Waals surface area contributed by atoms with Crippen LogP contribution in [0, 0.1) is 0 Å². The van der Waals surface area contributed by atoms with Crippen molar-refractivity contribution in [3.63, 3.8) is 0 Å². The van der Waals surface area contributed by atoms with E-state index in [1.165, 1.54) is 6.42 Å². The first kappa shape index (κ1) is 17.4. The number of rotatable bonds is 12. The Morgan fingerprint density at radius 3 is 2.61 bits per heavy atom. The molecule has 108 valence electrons. The van der Waals surface area contributed by atoms with Gasteiger partial charge in [-0.2, -0.15) is 0 Å². The minimum absolute atomic E-state index is 0.0599. The van der Waals surface area contributed by atoms with Crippen molar-refractivity contribution in [1.82, 2.24) is 15.5 Å². The fourth-order valence-electron chi connectivity index (χ4n) is 1.69. The Balaban J connectivity index is 3.38. The maximum atomic E-state index is 11.4. The van der Waals surface area contributed by atoms with Gasteiger partial charge in [0, 0.05) is 33.4 Å². The molecule has 0 aromatic heterocycles. The third-order valence-electron chi connectivity index (χ3n) is 2.72. The highest BCUT2D eigenvalue weighted by Crippen LogP contribution is 1.88. The number of hydrogen-bond donors (Lipinski definition) is 2. The second-order valence-electron chi connectivity index (χ2n) is 4.31. The van der Waals surface area contributed by atoms with Gasteiger partial charge in [-0.25, -0.2) is 0 Å². The van der Waals surface area contributed by atoms with E-state index in [1.807, 2.05) is 0 Å². The van der Waals surface area contributed by atoms with Crippen LogP contribution in [0.1, 0.15) is 26.7 Å². The molecule has 5 nitrogen and oxygen atoms in total. The lowest BCUT2D eigenvalue weighted by Gasteiger charge is -2.19. The lowest BCUT2D eigenvalue weighted by atomic mass is 10.4. The maximum Gasteiger partial charge on any atom is 0.233 e. The summed E-state index contributed by atoms with van der Waals surface area (Å²) in [6.45, 7) is 10.2. The summed E-state index contributed by atoms with van der Waals surface area (Å²) in [5.41, 5.74) is 0. The number of carbonyl (C=O) groups is 1. The van der Waals surface area contributed by atoms with E-state index in [-0.39, 0.29) is 5.91 Å². The number of ether oxygens (including phenoxy) is 1. The van der Waals surface area contributed by atoms with Crippen molar-refractivity contribution < 1.29 is 9.53 Å². The highest BCUT2D eigenvalue weighted by molar-refractivity contribution is 5.77. The maximum absolute atomic E-state index is 11.4. The first-order valence-corrected chi connectivity index (χ1v) is 6.93. The van der Waals surface area contributed by atoms with Crippen molar-refractivity contribution in [2.75, 3.05) is 53.0 Å². The number of nitrogens with zero attached hydrogens (tertiary/aromatic N) is 1. The molecule has 0 aliphatic heterocycles. The molecule has 1 amide bonds. The van der Waals surface area contributed by atoms with Gasteiger partial charge in [0.15, 0.2) is 0 Å². The second-order valence-corrected chi connectivity index (χ2v) is 4.31. The van der Waals surface area contributed by atoms with Crippen LogP contribution in [-0.4, -0.2) is 63.8 Å². The van der Waals surface area contributed by atoms with Crippen molar-refractivity contribution in [1.29, 1.82) is 0 Å². The molecule has 5 heteroatoms. The summed E-state index contributed by atoms with van der Waals surface area (Å²) in [4.78, 5) is 13.8. The molecule has 0 radical (unpaired) electrons. The molecule has 0 aromatic carbocycles. The average molecular weight is 259 g/mol. The van der Waals surface area contributed by atoms with Crippen LogP contribution in [0.5, 0.6) is 0 Å². The number of methoxy groups -OCH3 is 1. The number of likely N-dealkylation sites (N-methyl/N-ethyl adjacent to an activating group) is 1. The Hall–Kier alpha value is -0.650. The zero-order valence-electron chi connectivity index (χ0n) is 12.1. The van der Waals surface area contributed by atoms with Crippen molar-refractivity contribution in [2.45, 2.75) is 26.7 Å². The smallest absolute Gasteiger partial charge is 0.233 e. The van der Waals surface area contributed by atoms with Crippen molar-refractivity contribution >= 4 is 5.91 Å². The predicted octanol–water partition coefficient (Wildman–Crippen LogP) is 0.461. The van der Waals surface area contributed by atoms with Gasteiger partial charge in [-0.1, -0.05) is 13.8 Å². The van der Waals surface area contributed by atoms with Gasteiger partial charge < -0.3 is 20.3 Å². The Kier molecular flexibility index (Phi) is 12.3. The fraction of sp³-hybridized carbons (Fsp3) is 0.923. The zero-order chi connectivity index (χ0) is 13.6. The van der Waals surface area contributed by atoms with E-state index >= 15 is 0 Å². The molecule has 0 bridgehead atoms. The molecule has 0 aliphatic rings. The van der Waals surface area contributed by atoms with E-state index in [2.05, 4.69) is 29.4 Å². The topological polar surface area (TPSA) is 53.6 Å². The van der Waals surface area contributed by atoms with Crippen LogP contribution in [0.4, 0.5) is 0 Å². The lowest BCUT2D eigenvalue weighted by molar-refractivity contribution is -0.120. The van der Waals surface area contributed by atoms with Gasteiger partial charge in [-0.05, 0) is 25.9 Å². The molecule has 0 fully saturated rings. The standard InChI is InChI=1S/C13H29N3O2/c1-4-9-16(5-2)10-8-14-12-13(17)15-7-6-11-18-3/h14H,4-12H2,1-3H3,(H,15,17). The van der Waals surface area contributed by atoms with Gasteiger partial charge in [0.25, 0.3) is 0 Å². The Labute approximate surface area is 111 Å². The first-order valence-electron chi connectivity index (χ1n) is 6.93. The van der Waals surface area contributed by atoms with Crippen LogP contribution in [0.15, 0.2) is 0 Å². The monoisotopic (exact) mass is 259 g/mol. The lowest BCUT2D eigenvalue weighted by Crippen LogP contribution is -2.38. The minimum Gasteiger partial charge on any atom is -0.385 e. The van der Waals surface area contributed by atoms with Gasteiger partial charge in [-0.15, -0.1) is 0 Å². The molecule has 0 unspecified atom stereocenters. The summed E-state index contributed by atoms with van der Waals surface area (Å²) >= 11 is 0. The van der Waals surface area contributed by atoms with Crippen LogP contribution < -0.4 is 10.6 Å². The van der Waals surface area contributed by atoms with E-state index in [1.54, 1.807) is 7.11 Å². The molecular formula is C13H29N3O2. The van der Waals surface area contributed by atoms with Gasteiger partial charge in [0.1, 0.15) is 0 Å². The minimum atomic E-state index is 0.0599. The first-order chi connectivity index (χ1) is 8.74. The third-order valence-corrected chi connectivity index (χ3v) is 2.72. The van der Waals surface area contributed by atoms with Gasteiger partial charge in [-0.3, -0.25) is 4.79 Å². The normalized spacial score (nSPS) is 10.9. The van der Waals surface area contributed by atoms with E-state index in [9.17, 15) is 4.79 Å². The third kappa shape index (κ3) is 10.5. The van der Waals surface area contributed by atoms with E-state index in [0.717, 1.165) is 32.6 Å². The van der Waals surface area contributed by atoms with Crippen LogP contribution in [-0.2, 0) is 9.53 Å². The Morgan fingerprint density at radius 1 is 1.22 bits per heavy atom. The molecule has 0 atom stereocenters. The quantitative estimate of drug-likeness (QED) is 0.500. The number of hydrogen-bond acceptors (Lipinski definition) is 4. The van der Waals surface area contributed by atoms with E-state index in [4.69, 9.17) is 4.74 Å². The molecule has 0 aliphatic carbocycles. The summed E-state index contributed by atoms with van der Waals surface area (Å²) < 4.78 is 4.91. The highest BCUT2D eigenvalue weighted by Gasteiger charge is 2.02. The van der Waals surface area contributed by atoms with E-state index in [0.29, 0.717) is 19.7 Å². The molecule has 0 spiro atoms. The summed E-state index contributed by atoms with van der Waals surface area (Å²) in [6, 6.07) is 0. The van der Waals surface area contributed by atoms with Crippen LogP contribution in [0.25, 0.3) is 0 Å². The predicted molar refractivity (Wildman–Crippen MR) is 74.8 cm³/mol. The highest BCUT2D eigenvalue weighted by atomic mass is 16.5. The summed E-state index contributed by atoms with van der Waals surface area (Å²) in [6.07, 6.45) is 2.04. The molecule has 0 aromatic rings. The average Bonchev–Trinajstić information content (AvgIpc) is 2.38. The molecule has 0 heterocycles. The molecule has 0 saturated heterocycles. The van der Waals surface area contributed by atoms with Gasteiger partial charge in [0.05, 0.1) is 6.54 Å². The van der Waals surface area contributed by atoms with Gasteiger partial charge >= 0.3 is 0 Å². The Morgan fingerprint density at radius 2 is 2.00 bits per heavy atom. The molecule has 2 N–H and O–H groups in total. The van der Waals surface area contributed by atoms with Crippen LogP contribution >= 0.6 is 0 Å². The number of nitrogens with one attached hydrogen (secondary N) is 2. The zero-order valence-corrected chi connectivity index (χ0v) is 12.1. The molecular weight excluding hydrogens is 230 g/mol. The number of carbonyl (C=O) groups excluding carboxylic acids is 1. The van der Waals surface area contributed by atoms with Crippen molar-refractivity contribution in [3.05, 3.63) is 0 Å². The van der Waals surface area contributed by atoms with Crippen molar-refractivity contribution in [3.8, 4) is 0 Å². The SMILES string of the molecule is CCCN(CC)CCNCC(=O)NCCCOC. The second kappa shape index (κ2) is 12.8. The Bertz CT molecular complexity index is 201. The van der Waals surface area contributed by atoms with Crippen LogP contribution in [0.3, 0.4) is 0 Å². The van der Waals surface area contributed by atoms with Gasteiger partial charge in [0.2, 0.25) is 5.91 Å². The molecule has 0 rings (SSSR count). The van der Waals surface area contributed by atoms with E-state index < -0.39 is 0 Å². The van der Waals surface area contributed by atoms with Crippen LogP contribution in [0.2, 0.25) is 0 Å². The summed E-state index contributed by atoms with van der Waals surface area (Å²) in [7, 11) is 1.67. The molecule has 0 saturated carbocycles. The summed E-state index contributed by atoms with van der Waals surface area (Å²) in [5.74, 6) is 0.0599. The largest absolute Gasteiger partial charge is 0.385 e.